The molecule has 200 valence electrons. The molecule has 0 radical (unpaired) electrons. The van der Waals surface area contributed by atoms with E-state index in [1.807, 2.05) is 72.9 Å². The van der Waals surface area contributed by atoms with E-state index in [0.29, 0.717) is 30.6 Å². The number of rotatable bonds is 8. The van der Waals surface area contributed by atoms with Crippen molar-refractivity contribution in [1.29, 1.82) is 0 Å². The number of anilines is 1. The van der Waals surface area contributed by atoms with Gasteiger partial charge < -0.3 is 26.7 Å². The van der Waals surface area contributed by atoms with Crippen LogP contribution in [0.3, 0.4) is 0 Å². The van der Waals surface area contributed by atoms with Crippen LogP contribution in [0.2, 0.25) is 0 Å². The molecule has 0 saturated heterocycles. The lowest BCUT2D eigenvalue weighted by molar-refractivity contribution is -0.131. The molecule has 2 heterocycles. The maximum Gasteiger partial charge on any atom is 0.255 e. The van der Waals surface area contributed by atoms with Gasteiger partial charge in [0, 0.05) is 41.3 Å². The lowest BCUT2D eigenvalue weighted by atomic mass is 9.86. The van der Waals surface area contributed by atoms with Crippen molar-refractivity contribution in [1.82, 2.24) is 15.6 Å². The van der Waals surface area contributed by atoms with Gasteiger partial charge in [-0.25, -0.2) is 0 Å². The van der Waals surface area contributed by atoms with Crippen molar-refractivity contribution in [2.75, 3.05) is 11.9 Å². The highest BCUT2D eigenvalue weighted by molar-refractivity contribution is 6.04. The first-order chi connectivity index (χ1) is 18.7. The van der Waals surface area contributed by atoms with Gasteiger partial charge in [-0.3, -0.25) is 14.4 Å². The Balaban J connectivity index is 1.42. The molecule has 5 rings (SSSR count). The molecule has 2 atom stereocenters. The zero-order chi connectivity index (χ0) is 27.6. The number of Topliss-reactive ketones (excluding diaryl/α,β-unsaturated/α-hetero) is 1. The number of carbonyl (C=O) groups is 3. The van der Waals surface area contributed by atoms with E-state index in [0.717, 1.165) is 27.6 Å². The van der Waals surface area contributed by atoms with Crippen molar-refractivity contribution in [3.05, 3.63) is 101 Å². The van der Waals surface area contributed by atoms with Crippen molar-refractivity contribution in [3.63, 3.8) is 0 Å². The second kappa shape index (κ2) is 10.8. The number of H-pyrrole nitrogens is 1. The van der Waals surface area contributed by atoms with Gasteiger partial charge in [0.2, 0.25) is 5.91 Å². The van der Waals surface area contributed by atoms with E-state index in [4.69, 9.17) is 5.73 Å². The molecule has 0 aliphatic carbocycles. The molecule has 8 nitrogen and oxygen atoms in total. The molecule has 2 amide bonds. The van der Waals surface area contributed by atoms with E-state index >= 15 is 0 Å². The number of fused-ring (bicyclic) bond motifs is 2. The summed E-state index contributed by atoms with van der Waals surface area (Å²) < 4.78 is 0. The van der Waals surface area contributed by atoms with Gasteiger partial charge in [-0.1, -0.05) is 42.5 Å². The number of para-hydroxylation sites is 2. The van der Waals surface area contributed by atoms with Gasteiger partial charge in [-0.05, 0) is 67.3 Å². The summed E-state index contributed by atoms with van der Waals surface area (Å²) in [6.07, 6.45) is 2.88. The summed E-state index contributed by atoms with van der Waals surface area (Å²) in [5.74, 6) is -0.759. The van der Waals surface area contributed by atoms with Crippen LogP contribution in [0.4, 0.5) is 5.69 Å². The fourth-order valence-electron chi connectivity index (χ4n) is 4.97. The molecule has 6 N–H and O–H groups in total. The third kappa shape index (κ3) is 5.77. The fraction of sp³-hybridized carbons (Fsp3) is 0.258. The zero-order valence-electron chi connectivity index (χ0n) is 22.1. The summed E-state index contributed by atoms with van der Waals surface area (Å²) in [5, 5.41) is 10.2. The van der Waals surface area contributed by atoms with Crippen molar-refractivity contribution in [2.24, 2.45) is 5.73 Å². The Morgan fingerprint density at radius 2 is 1.77 bits per heavy atom. The third-order valence-corrected chi connectivity index (χ3v) is 7.11. The van der Waals surface area contributed by atoms with Crippen LogP contribution in [0.5, 0.6) is 0 Å². The minimum atomic E-state index is -1.14. The van der Waals surface area contributed by atoms with Crippen molar-refractivity contribution in [2.45, 2.75) is 44.3 Å². The molecule has 2 unspecified atom stereocenters. The zero-order valence-corrected chi connectivity index (χ0v) is 22.1. The predicted molar refractivity (Wildman–Crippen MR) is 152 cm³/mol. The molecule has 0 bridgehead atoms. The quantitative estimate of drug-likeness (QED) is 0.241. The minimum absolute atomic E-state index is 0.152. The Bertz CT molecular complexity index is 1520. The standard InChI is InChI=1S/C31H33N5O3/c1-31(2,32)30(39)36-26(17-21-18-34-25-11-7-6-10-23(21)25)28(37)27-24-13-12-20(16-19(24)14-15-33-27)29(38)35-22-8-4-3-5-9-22/h3-13,16,18,26-27,33-34H,14-15,17,32H2,1-2H3,(H,35,38)(H,36,39). The van der Waals surface area contributed by atoms with Crippen molar-refractivity contribution >= 4 is 34.2 Å². The summed E-state index contributed by atoms with van der Waals surface area (Å²) >= 11 is 0. The second-order valence-corrected chi connectivity index (χ2v) is 10.6. The molecule has 8 heteroatoms. The summed E-state index contributed by atoms with van der Waals surface area (Å²) in [7, 11) is 0. The first-order valence-electron chi connectivity index (χ1n) is 13.1. The van der Waals surface area contributed by atoms with Crippen molar-refractivity contribution < 1.29 is 14.4 Å². The van der Waals surface area contributed by atoms with E-state index < -0.39 is 23.5 Å². The van der Waals surface area contributed by atoms with Crippen LogP contribution in [-0.4, -0.2) is 40.7 Å². The lowest BCUT2D eigenvalue weighted by Gasteiger charge is -2.31. The number of hydrogen-bond donors (Lipinski definition) is 5. The summed E-state index contributed by atoms with van der Waals surface area (Å²) in [4.78, 5) is 43.1. The van der Waals surface area contributed by atoms with Crippen molar-refractivity contribution in [3.8, 4) is 0 Å². The van der Waals surface area contributed by atoms with E-state index in [-0.39, 0.29) is 11.7 Å². The number of nitrogens with two attached hydrogens (primary N) is 1. The number of benzene rings is 3. The first kappa shape index (κ1) is 26.3. The van der Waals surface area contributed by atoms with Gasteiger partial charge in [0.1, 0.15) is 0 Å². The number of hydrogen-bond acceptors (Lipinski definition) is 5. The normalized spacial score (nSPS) is 15.8. The van der Waals surface area contributed by atoms with Crippen LogP contribution in [0.15, 0.2) is 79.0 Å². The monoisotopic (exact) mass is 523 g/mol. The van der Waals surface area contributed by atoms with Crippen LogP contribution in [0.1, 0.15) is 46.9 Å². The molecular formula is C31H33N5O3. The highest BCUT2D eigenvalue weighted by atomic mass is 16.2. The molecule has 1 aliphatic heterocycles. The van der Waals surface area contributed by atoms with Crippen LogP contribution in [-0.2, 0) is 22.4 Å². The van der Waals surface area contributed by atoms with Gasteiger partial charge in [-0.15, -0.1) is 0 Å². The Morgan fingerprint density at radius 1 is 1.03 bits per heavy atom. The van der Waals surface area contributed by atoms with Crippen LogP contribution >= 0.6 is 0 Å². The van der Waals surface area contributed by atoms with Gasteiger partial charge in [0.25, 0.3) is 5.91 Å². The SMILES string of the molecule is CC(C)(N)C(=O)NC(Cc1c[nH]c2ccccc12)C(=O)C1NCCc2cc(C(=O)Nc3ccccc3)ccc21. The average molecular weight is 524 g/mol. The van der Waals surface area contributed by atoms with E-state index in [2.05, 4.69) is 20.9 Å². The Hall–Kier alpha value is -4.27. The molecule has 39 heavy (non-hydrogen) atoms. The molecule has 3 aromatic carbocycles. The van der Waals surface area contributed by atoms with Gasteiger partial charge in [-0.2, -0.15) is 0 Å². The molecule has 0 saturated carbocycles. The van der Waals surface area contributed by atoms with Crippen LogP contribution in [0, 0.1) is 0 Å². The largest absolute Gasteiger partial charge is 0.361 e. The van der Waals surface area contributed by atoms with Gasteiger partial charge in [0.05, 0.1) is 17.6 Å². The first-order valence-corrected chi connectivity index (χ1v) is 13.1. The molecule has 1 aliphatic rings. The number of aromatic nitrogens is 1. The molecule has 1 aromatic heterocycles. The van der Waals surface area contributed by atoms with Crippen LogP contribution in [0.25, 0.3) is 10.9 Å². The Morgan fingerprint density at radius 3 is 2.54 bits per heavy atom. The van der Waals surface area contributed by atoms with Crippen LogP contribution < -0.4 is 21.7 Å². The minimum Gasteiger partial charge on any atom is -0.361 e. The topological polar surface area (TPSA) is 129 Å². The molecule has 4 aromatic rings. The van der Waals surface area contributed by atoms with E-state index in [9.17, 15) is 14.4 Å². The summed E-state index contributed by atoms with van der Waals surface area (Å²) in [6.45, 7) is 3.81. The number of aromatic amines is 1. The maximum atomic E-state index is 14.0. The van der Waals surface area contributed by atoms with Gasteiger partial charge >= 0.3 is 0 Å². The van der Waals surface area contributed by atoms with Gasteiger partial charge in [0.15, 0.2) is 5.78 Å². The molecule has 0 fully saturated rings. The lowest BCUT2D eigenvalue weighted by Crippen LogP contribution is -2.56. The number of ketones is 1. The fourth-order valence-corrected chi connectivity index (χ4v) is 4.97. The third-order valence-electron chi connectivity index (χ3n) is 7.11. The number of nitrogens with one attached hydrogen (secondary N) is 4. The number of amides is 2. The highest BCUT2D eigenvalue weighted by Gasteiger charge is 2.35. The molecular weight excluding hydrogens is 490 g/mol. The maximum absolute atomic E-state index is 14.0. The predicted octanol–water partition coefficient (Wildman–Crippen LogP) is 3.64. The summed E-state index contributed by atoms with van der Waals surface area (Å²) in [6, 6.07) is 21.1. The average Bonchev–Trinajstić information content (AvgIpc) is 3.34. The second-order valence-electron chi connectivity index (χ2n) is 10.6. The summed E-state index contributed by atoms with van der Waals surface area (Å²) in [5.41, 5.74) is 9.81. The van der Waals surface area contributed by atoms with E-state index in [1.54, 1.807) is 19.9 Å². The molecule has 0 spiro atoms. The number of carbonyl (C=O) groups excluding carboxylic acids is 3. The Labute approximate surface area is 227 Å². The Kier molecular flexibility index (Phi) is 7.32. The highest BCUT2D eigenvalue weighted by Crippen LogP contribution is 2.28. The van der Waals surface area contributed by atoms with E-state index in [1.165, 1.54) is 0 Å². The smallest absolute Gasteiger partial charge is 0.255 e.